The minimum Gasteiger partial charge on any atom is -0.347 e. The molecule has 1 aromatic carbocycles. The van der Waals surface area contributed by atoms with Gasteiger partial charge in [0.05, 0.1) is 36.1 Å². The summed E-state index contributed by atoms with van der Waals surface area (Å²) in [6.07, 6.45) is -4.81. The smallest absolute Gasteiger partial charge is 0.347 e. The van der Waals surface area contributed by atoms with Crippen LogP contribution in [0.25, 0.3) is 0 Å². The molecule has 2 fully saturated rings. The first-order valence-electron chi connectivity index (χ1n) is 7.55. The van der Waals surface area contributed by atoms with Gasteiger partial charge < -0.3 is 14.8 Å². The van der Waals surface area contributed by atoms with Crippen LogP contribution < -0.4 is 10.2 Å². The van der Waals surface area contributed by atoms with Gasteiger partial charge in [0.25, 0.3) is 5.91 Å². The van der Waals surface area contributed by atoms with Crippen molar-refractivity contribution in [2.75, 3.05) is 18.1 Å². The summed E-state index contributed by atoms with van der Waals surface area (Å²) in [5.74, 6) is -1.72. The molecule has 2 aliphatic heterocycles. The summed E-state index contributed by atoms with van der Waals surface area (Å²) in [4.78, 5) is 25.6. The second-order valence-electron chi connectivity index (χ2n) is 6.47. The summed E-state index contributed by atoms with van der Waals surface area (Å²) in [6.45, 7) is 2.91. The number of nitriles is 1. The number of nitrogens with zero attached hydrogens (tertiary/aromatic N) is 2. The van der Waals surface area contributed by atoms with E-state index in [4.69, 9.17) is 14.7 Å². The van der Waals surface area contributed by atoms with E-state index in [0.717, 1.165) is 12.1 Å². The number of carbonyl (C=O) groups is 2. The Morgan fingerprint density at radius 1 is 1.23 bits per heavy atom. The molecule has 0 unspecified atom stereocenters. The minimum atomic E-state index is -4.81. The summed E-state index contributed by atoms with van der Waals surface area (Å²) in [5, 5.41) is 11.3. The topological polar surface area (TPSA) is 91.7 Å². The van der Waals surface area contributed by atoms with Crippen LogP contribution in [0, 0.1) is 11.3 Å². The molecule has 0 bridgehead atoms. The summed E-state index contributed by atoms with van der Waals surface area (Å²) in [5.41, 5.74) is -3.62. The number of benzene rings is 1. The monoisotopic (exact) mass is 369 g/mol. The lowest BCUT2D eigenvalue weighted by Gasteiger charge is -2.39. The van der Waals surface area contributed by atoms with E-state index in [1.165, 1.54) is 6.07 Å². The molecule has 1 N–H and O–H groups in total. The zero-order valence-electron chi connectivity index (χ0n) is 13.8. The van der Waals surface area contributed by atoms with Crippen molar-refractivity contribution < 1.29 is 32.2 Å². The highest BCUT2D eigenvalue weighted by Gasteiger charge is 2.56. The zero-order chi connectivity index (χ0) is 19.3. The lowest BCUT2D eigenvalue weighted by molar-refractivity contribution is -0.264. The number of rotatable bonds is 1. The molecule has 0 aliphatic carbocycles. The number of hydrogen-bond donors (Lipinski definition) is 1. The Labute approximate surface area is 146 Å². The Hall–Kier alpha value is -2.64. The number of anilines is 1. The fourth-order valence-electron chi connectivity index (χ4n) is 2.73. The average Bonchev–Trinajstić information content (AvgIpc) is 2.80. The number of urea groups is 1. The molecule has 3 rings (SSSR count). The standard InChI is InChI=1S/C16H14F3N3O4/c1-14(2)25-7-15(8-26-14)12(23)22(13(24)21-15)10-4-3-9(6-20)11(5-10)16(17,18)19/h3-5H,7-8H2,1-2H3,(H,21,24). The van der Waals surface area contributed by atoms with Crippen LogP contribution >= 0.6 is 0 Å². The van der Waals surface area contributed by atoms with Crippen molar-refractivity contribution in [3.8, 4) is 6.07 Å². The molecule has 0 aromatic heterocycles. The van der Waals surface area contributed by atoms with Crippen molar-refractivity contribution in [1.82, 2.24) is 5.32 Å². The predicted octanol–water partition coefficient (Wildman–Crippen LogP) is 2.15. The molecular weight excluding hydrogens is 355 g/mol. The molecule has 1 aromatic rings. The van der Waals surface area contributed by atoms with Crippen LogP contribution in [-0.2, 0) is 20.4 Å². The molecule has 2 heterocycles. The lowest BCUT2D eigenvalue weighted by atomic mass is 10.00. The molecule has 0 saturated carbocycles. The van der Waals surface area contributed by atoms with E-state index < -0.39 is 40.6 Å². The van der Waals surface area contributed by atoms with E-state index in [9.17, 15) is 22.8 Å². The van der Waals surface area contributed by atoms with E-state index in [-0.39, 0.29) is 18.9 Å². The number of imide groups is 1. The predicted molar refractivity (Wildman–Crippen MR) is 80.9 cm³/mol. The second-order valence-corrected chi connectivity index (χ2v) is 6.47. The molecule has 3 amide bonds. The minimum absolute atomic E-state index is 0.177. The van der Waals surface area contributed by atoms with Crippen LogP contribution in [-0.4, -0.2) is 36.5 Å². The van der Waals surface area contributed by atoms with Crippen molar-refractivity contribution >= 4 is 17.6 Å². The quantitative estimate of drug-likeness (QED) is 0.766. The molecule has 138 valence electrons. The van der Waals surface area contributed by atoms with E-state index in [0.29, 0.717) is 11.0 Å². The van der Waals surface area contributed by atoms with Gasteiger partial charge >= 0.3 is 12.2 Å². The van der Waals surface area contributed by atoms with E-state index in [2.05, 4.69) is 5.32 Å². The molecule has 26 heavy (non-hydrogen) atoms. The summed E-state index contributed by atoms with van der Waals surface area (Å²) >= 11 is 0. The van der Waals surface area contributed by atoms with Gasteiger partial charge in [-0.25, -0.2) is 9.69 Å². The molecule has 0 radical (unpaired) electrons. The molecule has 2 saturated heterocycles. The van der Waals surface area contributed by atoms with Crippen LogP contribution in [0.3, 0.4) is 0 Å². The van der Waals surface area contributed by atoms with E-state index in [1.54, 1.807) is 13.8 Å². The van der Waals surface area contributed by atoms with Gasteiger partial charge in [-0.15, -0.1) is 0 Å². The van der Waals surface area contributed by atoms with Crippen LogP contribution in [0.5, 0.6) is 0 Å². The van der Waals surface area contributed by atoms with Gasteiger partial charge in [0.1, 0.15) is 0 Å². The Balaban J connectivity index is 1.97. The number of nitrogens with one attached hydrogen (secondary N) is 1. The molecule has 2 aliphatic rings. The number of ether oxygens (including phenoxy) is 2. The Bertz CT molecular complexity index is 819. The molecule has 0 atom stereocenters. The van der Waals surface area contributed by atoms with Gasteiger partial charge in [0.2, 0.25) is 0 Å². The van der Waals surface area contributed by atoms with E-state index in [1.807, 2.05) is 0 Å². The van der Waals surface area contributed by atoms with Crippen molar-refractivity contribution in [2.45, 2.75) is 31.3 Å². The summed E-state index contributed by atoms with van der Waals surface area (Å²) in [6, 6.07) is 3.18. The number of alkyl halides is 3. The maximum atomic E-state index is 13.1. The van der Waals surface area contributed by atoms with Crippen LogP contribution in [0.4, 0.5) is 23.7 Å². The summed E-state index contributed by atoms with van der Waals surface area (Å²) < 4.78 is 50.2. The number of carbonyl (C=O) groups excluding carboxylic acids is 2. The number of amides is 3. The molecule has 10 heteroatoms. The van der Waals surface area contributed by atoms with Gasteiger partial charge in [-0.1, -0.05) is 0 Å². The van der Waals surface area contributed by atoms with Crippen LogP contribution in [0.15, 0.2) is 18.2 Å². The Kier molecular flexibility index (Phi) is 3.97. The third kappa shape index (κ3) is 2.89. The zero-order valence-corrected chi connectivity index (χ0v) is 13.8. The third-order valence-electron chi connectivity index (χ3n) is 4.18. The van der Waals surface area contributed by atoms with Crippen molar-refractivity contribution in [2.24, 2.45) is 0 Å². The lowest BCUT2D eigenvalue weighted by Crippen LogP contribution is -2.61. The highest BCUT2D eigenvalue weighted by atomic mass is 19.4. The molecule has 1 spiro atoms. The van der Waals surface area contributed by atoms with Gasteiger partial charge in [-0.3, -0.25) is 4.79 Å². The van der Waals surface area contributed by atoms with Crippen molar-refractivity contribution in [1.29, 1.82) is 5.26 Å². The first-order valence-corrected chi connectivity index (χ1v) is 7.55. The SMILES string of the molecule is CC1(C)OCC2(CO1)NC(=O)N(c1ccc(C#N)c(C(F)(F)F)c1)C2=O. The fraction of sp³-hybridized carbons (Fsp3) is 0.438. The first kappa shape index (κ1) is 18.2. The van der Waals surface area contributed by atoms with Crippen molar-refractivity contribution in [3.05, 3.63) is 29.3 Å². The highest BCUT2D eigenvalue weighted by Crippen LogP contribution is 2.36. The van der Waals surface area contributed by atoms with Crippen LogP contribution in [0.2, 0.25) is 0 Å². The molecule has 7 nitrogen and oxygen atoms in total. The normalized spacial score (nSPS) is 21.6. The largest absolute Gasteiger partial charge is 0.417 e. The highest BCUT2D eigenvalue weighted by molar-refractivity contribution is 6.23. The Morgan fingerprint density at radius 3 is 2.38 bits per heavy atom. The Morgan fingerprint density at radius 2 is 1.85 bits per heavy atom. The van der Waals surface area contributed by atoms with Gasteiger partial charge in [-0.05, 0) is 32.0 Å². The average molecular weight is 369 g/mol. The van der Waals surface area contributed by atoms with E-state index >= 15 is 0 Å². The maximum absolute atomic E-state index is 13.1. The van der Waals surface area contributed by atoms with Gasteiger partial charge in [0.15, 0.2) is 11.3 Å². The number of hydrogen-bond acceptors (Lipinski definition) is 5. The first-order chi connectivity index (χ1) is 12.0. The second kappa shape index (κ2) is 5.69. The number of halogens is 3. The third-order valence-corrected chi connectivity index (χ3v) is 4.18. The van der Waals surface area contributed by atoms with Gasteiger partial charge in [-0.2, -0.15) is 18.4 Å². The summed E-state index contributed by atoms with van der Waals surface area (Å²) in [7, 11) is 0. The van der Waals surface area contributed by atoms with Gasteiger partial charge in [0, 0.05) is 0 Å². The fourth-order valence-corrected chi connectivity index (χ4v) is 2.73. The maximum Gasteiger partial charge on any atom is 0.417 e. The molecular formula is C16H14F3N3O4. The van der Waals surface area contributed by atoms with Crippen LogP contribution in [0.1, 0.15) is 25.0 Å². The van der Waals surface area contributed by atoms with Crippen molar-refractivity contribution in [3.63, 3.8) is 0 Å².